The van der Waals surface area contributed by atoms with Crippen molar-refractivity contribution in [2.24, 2.45) is 0 Å². The maximum Gasteiger partial charge on any atom is 0.234 e. The van der Waals surface area contributed by atoms with E-state index in [1.807, 2.05) is 10.6 Å². The predicted molar refractivity (Wildman–Crippen MR) is 82.9 cm³/mol. The Hall–Kier alpha value is -1.95. The van der Waals surface area contributed by atoms with Crippen LogP contribution in [0.25, 0.3) is 4.96 Å². The number of hydrogen-bond donors (Lipinski definition) is 0. The van der Waals surface area contributed by atoms with Crippen molar-refractivity contribution in [2.75, 3.05) is 0 Å². The molecule has 0 aliphatic carbocycles. The number of hydrogen-bond acceptors (Lipinski definition) is 5. The predicted octanol–water partition coefficient (Wildman–Crippen LogP) is 3.33. The molecule has 2 heterocycles. The first-order valence-corrected chi connectivity index (χ1v) is 7.89. The molecule has 3 aromatic rings. The van der Waals surface area contributed by atoms with Crippen LogP contribution in [0.15, 0.2) is 18.2 Å². The molecule has 0 aliphatic rings. The maximum absolute atomic E-state index is 5.81. The van der Waals surface area contributed by atoms with E-state index >= 15 is 0 Å². The molecule has 0 amide bonds. The number of nitrogens with zero attached hydrogens (tertiary/aromatic N) is 4. The van der Waals surface area contributed by atoms with Crippen LogP contribution in [0.4, 0.5) is 0 Å². The van der Waals surface area contributed by atoms with Crippen LogP contribution < -0.4 is 4.74 Å². The van der Waals surface area contributed by atoms with Gasteiger partial charge in [-0.2, -0.15) is 9.61 Å². The fraction of sp³-hybridized carbons (Fsp3) is 0.400. The van der Waals surface area contributed by atoms with E-state index in [-0.39, 0.29) is 0 Å². The van der Waals surface area contributed by atoms with E-state index in [0.717, 1.165) is 34.4 Å². The minimum Gasteiger partial charge on any atom is -0.486 e. The summed E-state index contributed by atoms with van der Waals surface area (Å²) in [7, 11) is 0. The molecule has 0 N–H and O–H groups in total. The van der Waals surface area contributed by atoms with Gasteiger partial charge in [-0.05, 0) is 43.5 Å². The zero-order chi connectivity index (χ0) is 14.8. The van der Waals surface area contributed by atoms with E-state index in [1.54, 1.807) is 0 Å². The Morgan fingerprint density at radius 2 is 2.05 bits per heavy atom. The average molecular weight is 302 g/mol. The Balaban J connectivity index is 1.74. The molecule has 5 nitrogen and oxygen atoms in total. The van der Waals surface area contributed by atoms with Crippen LogP contribution in [-0.2, 0) is 13.0 Å². The van der Waals surface area contributed by atoms with Crippen LogP contribution in [0.2, 0.25) is 0 Å². The Labute approximate surface area is 127 Å². The summed E-state index contributed by atoms with van der Waals surface area (Å²) in [6.07, 6.45) is 1.93. The van der Waals surface area contributed by atoms with E-state index in [0.29, 0.717) is 6.61 Å². The van der Waals surface area contributed by atoms with Gasteiger partial charge in [0.2, 0.25) is 4.96 Å². The second kappa shape index (κ2) is 5.81. The molecule has 0 saturated carbocycles. The molecule has 3 rings (SSSR count). The standard InChI is InChI=1S/C15H18N4OS/c1-4-5-13-16-17-15-19(13)18-14(21-15)9-20-12-7-6-10(2)11(3)8-12/h6-8H,4-5,9H2,1-3H3. The normalized spacial score (nSPS) is 11.2. The highest BCUT2D eigenvalue weighted by molar-refractivity contribution is 7.16. The lowest BCUT2D eigenvalue weighted by Crippen LogP contribution is -1.99. The van der Waals surface area contributed by atoms with Gasteiger partial charge in [0, 0.05) is 6.42 Å². The van der Waals surface area contributed by atoms with Gasteiger partial charge < -0.3 is 4.74 Å². The van der Waals surface area contributed by atoms with Crippen molar-refractivity contribution in [3.63, 3.8) is 0 Å². The van der Waals surface area contributed by atoms with Gasteiger partial charge in [0.05, 0.1) is 0 Å². The first kappa shape index (κ1) is 14.0. The second-order valence-corrected chi connectivity index (χ2v) is 6.13. The summed E-state index contributed by atoms with van der Waals surface area (Å²) in [5.74, 6) is 1.79. The quantitative estimate of drug-likeness (QED) is 0.725. The average Bonchev–Trinajstić information content (AvgIpc) is 3.02. The molecule has 0 unspecified atom stereocenters. The third kappa shape index (κ3) is 2.90. The summed E-state index contributed by atoms with van der Waals surface area (Å²) in [5, 5.41) is 13.7. The van der Waals surface area contributed by atoms with Crippen LogP contribution >= 0.6 is 11.3 Å². The Bertz CT molecular complexity index is 762. The van der Waals surface area contributed by atoms with Gasteiger partial charge in [-0.15, -0.1) is 10.2 Å². The van der Waals surface area contributed by atoms with Gasteiger partial charge in [-0.3, -0.25) is 0 Å². The summed E-state index contributed by atoms with van der Waals surface area (Å²) in [6.45, 7) is 6.76. The monoisotopic (exact) mass is 302 g/mol. The lowest BCUT2D eigenvalue weighted by molar-refractivity contribution is 0.303. The van der Waals surface area contributed by atoms with Gasteiger partial charge >= 0.3 is 0 Å². The molecule has 0 radical (unpaired) electrons. The largest absolute Gasteiger partial charge is 0.486 e. The molecule has 110 valence electrons. The van der Waals surface area contributed by atoms with Crippen LogP contribution in [0.5, 0.6) is 5.75 Å². The molecule has 6 heteroatoms. The Morgan fingerprint density at radius 1 is 1.19 bits per heavy atom. The van der Waals surface area contributed by atoms with Crippen molar-refractivity contribution >= 4 is 16.3 Å². The molecule has 0 atom stereocenters. The van der Waals surface area contributed by atoms with E-state index in [1.165, 1.54) is 22.5 Å². The van der Waals surface area contributed by atoms with Crippen molar-refractivity contribution in [3.05, 3.63) is 40.2 Å². The fourth-order valence-corrected chi connectivity index (χ4v) is 2.85. The highest BCUT2D eigenvalue weighted by Gasteiger charge is 2.11. The summed E-state index contributed by atoms with van der Waals surface area (Å²) in [5.41, 5.74) is 2.50. The molecule has 2 aromatic heterocycles. The van der Waals surface area contributed by atoms with Crippen molar-refractivity contribution in [1.29, 1.82) is 0 Å². The van der Waals surface area contributed by atoms with E-state index in [9.17, 15) is 0 Å². The first-order valence-electron chi connectivity index (χ1n) is 7.07. The molecule has 0 aliphatic heterocycles. The van der Waals surface area contributed by atoms with Crippen LogP contribution in [0.3, 0.4) is 0 Å². The lowest BCUT2D eigenvalue weighted by atomic mass is 10.1. The summed E-state index contributed by atoms with van der Waals surface area (Å²) in [6, 6.07) is 6.12. The summed E-state index contributed by atoms with van der Waals surface area (Å²) < 4.78 is 7.64. The van der Waals surface area contributed by atoms with E-state index in [4.69, 9.17) is 4.74 Å². The Kier molecular flexibility index (Phi) is 3.88. The van der Waals surface area contributed by atoms with Gasteiger partial charge in [0.15, 0.2) is 10.8 Å². The third-order valence-electron chi connectivity index (χ3n) is 3.41. The van der Waals surface area contributed by atoms with Crippen molar-refractivity contribution in [2.45, 2.75) is 40.2 Å². The van der Waals surface area contributed by atoms with E-state index < -0.39 is 0 Å². The highest BCUT2D eigenvalue weighted by atomic mass is 32.1. The van der Waals surface area contributed by atoms with Crippen LogP contribution in [0, 0.1) is 13.8 Å². The summed E-state index contributed by atoms with van der Waals surface area (Å²) >= 11 is 1.52. The van der Waals surface area contributed by atoms with Crippen LogP contribution in [0.1, 0.15) is 35.3 Å². The molecular weight excluding hydrogens is 284 g/mol. The molecule has 0 fully saturated rings. The second-order valence-electron chi connectivity index (χ2n) is 5.09. The van der Waals surface area contributed by atoms with Gasteiger partial charge in [-0.1, -0.05) is 24.3 Å². The molecule has 0 saturated heterocycles. The molecule has 0 spiro atoms. The zero-order valence-corrected chi connectivity index (χ0v) is 13.3. The fourth-order valence-electron chi connectivity index (χ4n) is 2.08. The molecule has 0 bridgehead atoms. The number of aromatic nitrogens is 4. The number of rotatable bonds is 5. The highest BCUT2D eigenvalue weighted by Crippen LogP contribution is 2.20. The topological polar surface area (TPSA) is 52.3 Å². The maximum atomic E-state index is 5.81. The van der Waals surface area contributed by atoms with Crippen molar-refractivity contribution in [3.8, 4) is 5.75 Å². The minimum atomic E-state index is 0.460. The van der Waals surface area contributed by atoms with E-state index in [2.05, 4.69) is 48.2 Å². The third-order valence-corrected chi connectivity index (χ3v) is 4.28. The SMILES string of the molecule is CCCc1nnc2sc(COc3ccc(C)c(C)c3)nn12. The van der Waals surface area contributed by atoms with Crippen LogP contribution in [-0.4, -0.2) is 19.8 Å². The van der Waals surface area contributed by atoms with Crippen molar-refractivity contribution < 1.29 is 4.74 Å². The zero-order valence-electron chi connectivity index (χ0n) is 12.5. The number of benzene rings is 1. The number of aryl methyl sites for hydroxylation is 3. The molecule has 1 aromatic carbocycles. The minimum absolute atomic E-state index is 0.460. The number of ether oxygens (including phenoxy) is 1. The lowest BCUT2D eigenvalue weighted by Gasteiger charge is -2.06. The van der Waals surface area contributed by atoms with Gasteiger partial charge in [-0.25, -0.2) is 0 Å². The Morgan fingerprint density at radius 3 is 2.81 bits per heavy atom. The van der Waals surface area contributed by atoms with Crippen molar-refractivity contribution in [1.82, 2.24) is 19.8 Å². The van der Waals surface area contributed by atoms with Gasteiger partial charge in [0.1, 0.15) is 12.4 Å². The number of fused-ring (bicyclic) bond motifs is 1. The molecule has 21 heavy (non-hydrogen) atoms. The smallest absolute Gasteiger partial charge is 0.234 e. The summed E-state index contributed by atoms with van der Waals surface area (Å²) in [4.78, 5) is 0.831. The van der Waals surface area contributed by atoms with Gasteiger partial charge in [0.25, 0.3) is 0 Å². The first-order chi connectivity index (χ1) is 10.2. The molecular formula is C15H18N4OS.